The molecule has 3 rings (SSSR count). The number of carbonyl (C=O) groups is 2. The number of aromatic nitrogens is 2. The molecule has 0 atom stereocenters. The number of carboxylic acids is 2. The highest BCUT2D eigenvalue weighted by molar-refractivity contribution is 8.03. The van der Waals surface area contributed by atoms with Gasteiger partial charge in [0.15, 0.2) is 0 Å². The van der Waals surface area contributed by atoms with Gasteiger partial charge in [-0.3, -0.25) is 0 Å². The van der Waals surface area contributed by atoms with E-state index in [0.29, 0.717) is 23.6 Å². The van der Waals surface area contributed by atoms with E-state index in [1.54, 1.807) is 42.5 Å². The average molecular weight is 426 g/mol. The highest BCUT2D eigenvalue weighted by Crippen LogP contribution is 2.28. The first-order chi connectivity index (χ1) is 14.4. The van der Waals surface area contributed by atoms with Gasteiger partial charge in [0.1, 0.15) is 17.3 Å². The molecule has 0 aliphatic rings. The smallest absolute Gasteiger partial charge is 0.342 e. The van der Waals surface area contributed by atoms with Crippen LogP contribution < -0.4 is 4.74 Å². The minimum atomic E-state index is -1.10. The first-order valence-electron chi connectivity index (χ1n) is 8.95. The van der Waals surface area contributed by atoms with Crippen LogP contribution in [0.4, 0.5) is 0 Å². The molecule has 3 aromatic rings. The quantitative estimate of drug-likeness (QED) is 0.384. The number of rotatable bonds is 9. The number of hydrogen-bond donors (Lipinski definition) is 2. The molecule has 2 aromatic carbocycles. The van der Waals surface area contributed by atoms with E-state index in [2.05, 4.69) is 10.2 Å². The third-order valence-electron chi connectivity index (χ3n) is 3.92. The van der Waals surface area contributed by atoms with E-state index in [9.17, 15) is 14.7 Å². The van der Waals surface area contributed by atoms with Gasteiger partial charge in [-0.1, -0.05) is 31.2 Å². The van der Waals surface area contributed by atoms with Crippen molar-refractivity contribution < 1.29 is 29.0 Å². The molecule has 154 valence electrons. The van der Waals surface area contributed by atoms with Crippen molar-refractivity contribution in [1.29, 1.82) is 0 Å². The lowest BCUT2D eigenvalue weighted by Crippen LogP contribution is -2.00. The normalized spacial score (nSPS) is 11.3. The molecule has 0 saturated carbocycles. The van der Waals surface area contributed by atoms with Crippen LogP contribution in [0.5, 0.6) is 5.75 Å². The zero-order valence-corrected chi connectivity index (χ0v) is 16.8. The maximum absolute atomic E-state index is 11.5. The molecule has 9 heteroatoms. The van der Waals surface area contributed by atoms with Crippen LogP contribution in [-0.4, -0.2) is 32.3 Å². The Labute approximate surface area is 176 Å². The molecule has 30 heavy (non-hydrogen) atoms. The van der Waals surface area contributed by atoms with Gasteiger partial charge in [0.2, 0.25) is 5.89 Å². The van der Waals surface area contributed by atoms with E-state index in [1.165, 1.54) is 12.1 Å². The standard InChI is InChI=1S/C21H18N2O6S/c1-2-18-22-23-21(29-18)30-17(20(26)27)11-13-6-8-16(9-7-13)28-12-14-4-3-5-15(10-14)19(24)25/h3-11H,2,12H2,1H3,(H,24,25)(H,26,27)/b17-11-. The Hall–Kier alpha value is -3.59. The summed E-state index contributed by atoms with van der Waals surface area (Å²) in [7, 11) is 0. The van der Waals surface area contributed by atoms with Crippen molar-refractivity contribution in [3.8, 4) is 5.75 Å². The molecule has 0 aliphatic carbocycles. The SMILES string of the molecule is CCc1nnc(S/C(=C\c2ccc(OCc3cccc(C(=O)O)c3)cc2)C(=O)O)o1. The molecule has 0 radical (unpaired) electrons. The second kappa shape index (κ2) is 9.75. The van der Waals surface area contributed by atoms with E-state index in [4.69, 9.17) is 14.3 Å². The minimum Gasteiger partial charge on any atom is -0.489 e. The molecule has 0 spiro atoms. The molecule has 8 nitrogen and oxygen atoms in total. The number of ether oxygens (including phenoxy) is 1. The number of aliphatic carboxylic acids is 1. The van der Waals surface area contributed by atoms with Gasteiger partial charge in [0.05, 0.1) is 5.56 Å². The number of aryl methyl sites for hydroxylation is 1. The topological polar surface area (TPSA) is 123 Å². The summed E-state index contributed by atoms with van der Waals surface area (Å²) in [5, 5.41) is 26.3. The summed E-state index contributed by atoms with van der Waals surface area (Å²) in [5.74, 6) is -1.08. The summed E-state index contributed by atoms with van der Waals surface area (Å²) in [4.78, 5) is 22.6. The Kier molecular flexibility index (Phi) is 6.87. The second-order valence-corrected chi connectivity index (χ2v) is 7.09. The Morgan fingerprint density at radius 2 is 1.90 bits per heavy atom. The van der Waals surface area contributed by atoms with Crippen LogP contribution in [0.3, 0.4) is 0 Å². The molecule has 0 fully saturated rings. The maximum Gasteiger partial charge on any atom is 0.342 e. The number of carboxylic acid groups (broad SMARTS) is 2. The Balaban J connectivity index is 1.66. The summed E-state index contributed by atoms with van der Waals surface area (Å²) >= 11 is 0.885. The summed E-state index contributed by atoms with van der Waals surface area (Å²) in [6.07, 6.45) is 2.07. The van der Waals surface area contributed by atoms with Crippen LogP contribution >= 0.6 is 11.8 Å². The largest absolute Gasteiger partial charge is 0.489 e. The van der Waals surface area contributed by atoms with Crippen molar-refractivity contribution in [3.63, 3.8) is 0 Å². The van der Waals surface area contributed by atoms with Crippen LogP contribution in [0.2, 0.25) is 0 Å². The molecule has 2 N–H and O–H groups in total. The summed E-state index contributed by atoms with van der Waals surface area (Å²) in [6, 6.07) is 13.4. The molecule has 0 amide bonds. The maximum atomic E-state index is 11.5. The molecular weight excluding hydrogens is 408 g/mol. The Bertz CT molecular complexity index is 1080. The lowest BCUT2D eigenvalue weighted by Gasteiger charge is -2.07. The predicted octanol–water partition coefficient (Wildman–Crippen LogP) is 4.13. The second-order valence-electron chi connectivity index (χ2n) is 6.09. The lowest BCUT2D eigenvalue weighted by molar-refractivity contribution is -0.131. The van der Waals surface area contributed by atoms with Gasteiger partial charge in [0.25, 0.3) is 5.22 Å². The highest BCUT2D eigenvalue weighted by atomic mass is 32.2. The van der Waals surface area contributed by atoms with Crippen molar-refractivity contribution in [2.75, 3.05) is 0 Å². The highest BCUT2D eigenvalue weighted by Gasteiger charge is 2.14. The van der Waals surface area contributed by atoms with Crippen LogP contribution in [0.15, 0.2) is 63.1 Å². The Morgan fingerprint density at radius 1 is 1.13 bits per heavy atom. The van der Waals surface area contributed by atoms with E-state index in [0.717, 1.165) is 17.3 Å². The monoisotopic (exact) mass is 426 g/mol. The van der Waals surface area contributed by atoms with Gasteiger partial charge in [-0.15, -0.1) is 10.2 Å². The van der Waals surface area contributed by atoms with E-state index in [1.807, 2.05) is 6.92 Å². The molecule has 0 saturated heterocycles. The zero-order chi connectivity index (χ0) is 21.5. The van der Waals surface area contributed by atoms with Crippen LogP contribution in [-0.2, 0) is 17.8 Å². The lowest BCUT2D eigenvalue weighted by atomic mass is 10.1. The van der Waals surface area contributed by atoms with E-state index < -0.39 is 11.9 Å². The van der Waals surface area contributed by atoms with Crippen molar-refractivity contribution in [1.82, 2.24) is 10.2 Å². The summed E-state index contributed by atoms with van der Waals surface area (Å²) in [6.45, 7) is 2.08. The summed E-state index contributed by atoms with van der Waals surface area (Å²) in [5.41, 5.74) is 1.59. The summed E-state index contributed by atoms with van der Waals surface area (Å²) < 4.78 is 11.0. The van der Waals surface area contributed by atoms with Crippen LogP contribution in [0.25, 0.3) is 6.08 Å². The molecule has 0 unspecified atom stereocenters. The van der Waals surface area contributed by atoms with Gasteiger partial charge in [-0.05, 0) is 53.2 Å². The number of hydrogen-bond acceptors (Lipinski definition) is 7. The average Bonchev–Trinajstić information content (AvgIpc) is 3.20. The van der Waals surface area contributed by atoms with Gasteiger partial charge in [0, 0.05) is 6.42 Å². The van der Waals surface area contributed by atoms with E-state index in [-0.39, 0.29) is 22.3 Å². The first-order valence-corrected chi connectivity index (χ1v) is 9.76. The van der Waals surface area contributed by atoms with Crippen molar-refractivity contribution in [3.05, 3.63) is 76.0 Å². The fraction of sp³-hybridized carbons (Fsp3) is 0.143. The molecule has 0 aliphatic heterocycles. The predicted molar refractivity (Wildman–Crippen MR) is 109 cm³/mol. The third kappa shape index (κ3) is 5.71. The minimum absolute atomic E-state index is 0.0421. The van der Waals surface area contributed by atoms with Crippen molar-refractivity contribution in [2.24, 2.45) is 0 Å². The first kappa shape index (κ1) is 21.1. The third-order valence-corrected chi connectivity index (χ3v) is 4.77. The van der Waals surface area contributed by atoms with E-state index >= 15 is 0 Å². The number of nitrogens with zero attached hydrogens (tertiary/aromatic N) is 2. The zero-order valence-electron chi connectivity index (χ0n) is 15.9. The van der Waals surface area contributed by atoms with Gasteiger partial charge < -0.3 is 19.4 Å². The van der Waals surface area contributed by atoms with Crippen LogP contribution in [0, 0.1) is 0 Å². The molecule has 1 heterocycles. The van der Waals surface area contributed by atoms with Crippen molar-refractivity contribution in [2.45, 2.75) is 25.2 Å². The molecular formula is C21H18N2O6S. The Morgan fingerprint density at radius 3 is 2.53 bits per heavy atom. The fourth-order valence-electron chi connectivity index (χ4n) is 2.42. The molecule has 0 bridgehead atoms. The van der Waals surface area contributed by atoms with Crippen LogP contribution in [0.1, 0.15) is 34.3 Å². The van der Waals surface area contributed by atoms with Crippen molar-refractivity contribution >= 4 is 29.8 Å². The molecule has 1 aromatic heterocycles. The van der Waals surface area contributed by atoms with Gasteiger partial charge in [-0.25, -0.2) is 9.59 Å². The van der Waals surface area contributed by atoms with Gasteiger partial charge >= 0.3 is 11.9 Å². The van der Waals surface area contributed by atoms with Gasteiger partial charge in [-0.2, -0.15) is 0 Å². The fourth-order valence-corrected chi connectivity index (χ4v) is 3.11. The number of benzene rings is 2. The number of thioether (sulfide) groups is 1. The number of aromatic carboxylic acids is 1.